The Morgan fingerprint density at radius 1 is 1.38 bits per heavy atom. The number of aromatic nitrogens is 1. The Hall–Kier alpha value is -0.790. The van der Waals surface area contributed by atoms with Crippen LogP contribution in [-0.2, 0) is 6.42 Å². The highest BCUT2D eigenvalue weighted by Gasteiger charge is 2.10. The van der Waals surface area contributed by atoms with Crippen LogP contribution in [0.2, 0.25) is 0 Å². The molecule has 0 aliphatic heterocycles. The third-order valence-electron chi connectivity index (χ3n) is 1.98. The molecule has 1 rings (SSSR count). The van der Waals surface area contributed by atoms with Gasteiger partial charge in [0, 0.05) is 6.42 Å². The molecule has 0 aliphatic carbocycles. The van der Waals surface area contributed by atoms with Gasteiger partial charge in [0.25, 0.3) is 0 Å². The molecule has 0 saturated heterocycles. The number of rotatable bonds is 3. The molecule has 0 aliphatic rings. The lowest BCUT2D eigenvalue weighted by atomic mass is 9.90. The zero-order valence-corrected chi connectivity index (χ0v) is 9.05. The van der Waals surface area contributed by atoms with Crippen LogP contribution in [0.5, 0.6) is 0 Å². The largest absolute Gasteiger partial charge is 0.449 e. The van der Waals surface area contributed by atoms with Gasteiger partial charge in [-0.25, -0.2) is 4.98 Å². The molecule has 0 fully saturated rings. The van der Waals surface area contributed by atoms with Gasteiger partial charge in [-0.2, -0.15) is 0 Å². The quantitative estimate of drug-likeness (QED) is 0.714. The van der Waals surface area contributed by atoms with Crippen molar-refractivity contribution in [1.29, 1.82) is 0 Å². The van der Waals surface area contributed by atoms with Crippen LogP contribution in [0.3, 0.4) is 0 Å². The maximum Gasteiger partial charge on any atom is 0.194 e. The first-order chi connectivity index (χ1) is 5.97. The molecule has 74 valence electrons. The summed E-state index contributed by atoms with van der Waals surface area (Å²) in [5, 5.41) is 0. The van der Waals surface area contributed by atoms with E-state index in [1.165, 1.54) is 6.42 Å². The molecule has 0 N–H and O–H groups in total. The van der Waals surface area contributed by atoms with Crippen molar-refractivity contribution >= 4 is 0 Å². The van der Waals surface area contributed by atoms with Crippen LogP contribution in [-0.4, -0.2) is 4.98 Å². The fourth-order valence-electron chi connectivity index (χ4n) is 1.29. The molecular formula is C11H19NO. The molecule has 2 nitrogen and oxygen atoms in total. The van der Waals surface area contributed by atoms with Crippen molar-refractivity contribution in [2.45, 2.75) is 47.0 Å². The summed E-state index contributed by atoms with van der Waals surface area (Å²) >= 11 is 0. The lowest BCUT2D eigenvalue weighted by molar-refractivity contribution is 0.356. The van der Waals surface area contributed by atoms with Crippen molar-refractivity contribution in [3.8, 4) is 0 Å². The first kappa shape index (κ1) is 10.3. The lowest BCUT2D eigenvalue weighted by Gasteiger charge is -2.16. The fraction of sp³-hybridized carbons (Fsp3) is 0.727. The average Bonchev–Trinajstić information content (AvgIpc) is 2.33. The van der Waals surface area contributed by atoms with Gasteiger partial charge in [-0.3, -0.25) is 0 Å². The summed E-state index contributed by atoms with van der Waals surface area (Å²) in [6.45, 7) is 8.73. The van der Waals surface area contributed by atoms with Crippen molar-refractivity contribution in [1.82, 2.24) is 4.98 Å². The van der Waals surface area contributed by atoms with Crippen molar-refractivity contribution in [3.05, 3.63) is 17.8 Å². The van der Waals surface area contributed by atoms with Crippen molar-refractivity contribution < 1.29 is 4.42 Å². The van der Waals surface area contributed by atoms with E-state index < -0.39 is 0 Å². The second-order valence-corrected chi connectivity index (χ2v) is 4.80. The molecule has 0 spiro atoms. The van der Waals surface area contributed by atoms with Crippen molar-refractivity contribution in [2.24, 2.45) is 5.41 Å². The second-order valence-electron chi connectivity index (χ2n) is 4.80. The highest BCUT2D eigenvalue weighted by Crippen LogP contribution is 2.21. The minimum Gasteiger partial charge on any atom is -0.449 e. The molecule has 0 amide bonds. The van der Waals surface area contributed by atoms with Gasteiger partial charge in [0.15, 0.2) is 5.89 Å². The van der Waals surface area contributed by atoms with Crippen LogP contribution in [0.15, 0.2) is 10.7 Å². The number of oxazole rings is 1. The van der Waals surface area contributed by atoms with Gasteiger partial charge < -0.3 is 4.42 Å². The van der Waals surface area contributed by atoms with Crippen LogP contribution < -0.4 is 0 Å². The Labute approximate surface area is 80.4 Å². The maximum atomic E-state index is 5.27. The molecular weight excluding hydrogens is 162 g/mol. The van der Waals surface area contributed by atoms with Crippen LogP contribution in [0.4, 0.5) is 0 Å². The monoisotopic (exact) mass is 181 g/mol. The third-order valence-corrected chi connectivity index (χ3v) is 1.98. The molecule has 1 aromatic rings. The van der Waals surface area contributed by atoms with E-state index >= 15 is 0 Å². The number of hydrogen-bond acceptors (Lipinski definition) is 2. The van der Waals surface area contributed by atoms with E-state index in [0.717, 1.165) is 24.4 Å². The Balaban J connectivity index is 2.28. The Morgan fingerprint density at radius 3 is 2.54 bits per heavy atom. The summed E-state index contributed by atoms with van der Waals surface area (Å²) in [4.78, 5) is 4.26. The molecule has 0 aromatic carbocycles. The predicted molar refractivity (Wildman–Crippen MR) is 53.6 cm³/mol. The van der Waals surface area contributed by atoms with Gasteiger partial charge in [-0.05, 0) is 25.2 Å². The Morgan fingerprint density at radius 2 is 2.08 bits per heavy atom. The molecule has 0 saturated carbocycles. The van der Waals surface area contributed by atoms with Gasteiger partial charge >= 0.3 is 0 Å². The van der Waals surface area contributed by atoms with Crippen LogP contribution in [0, 0.1) is 12.3 Å². The highest BCUT2D eigenvalue weighted by molar-refractivity contribution is 4.92. The summed E-state index contributed by atoms with van der Waals surface area (Å²) < 4.78 is 5.27. The SMILES string of the molecule is Cc1coc(CCCC(C)(C)C)n1. The van der Waals surface area contributed by atoms with E-state index in [2.05, 4.69) is 25.8 Å². The van der Waals surface area contributed by atoms with Crippen LogP contribution in [0.25, 0.3) is 0 Å². The van der Waals surface area contributed by atoms with E-state index in [9.17, 15) is 0 Å². The summed E-state index contributed by atoms with van der Waals surface area (Å²) in [7, 11) is 0. The smallest absolute Gasteiger partial charge is 0.194 e. The normalized spacial score (nSPS) is 12.0. The molecule has 0 radical (unpaired) electrons. The second kappa shape index (κ2) is 3.95. The first-order valence-corrected chi connectivity index (χ1v) is 4.88. The topological polar surface area (TPSA) is 26.0 Å². The van der Waals surface area contributed by atoms with E-state index in [0.29, 0.717) is 5.41 Å². The Kier molecular flexibility index (Phi) is 3.12. The summed E-state index contributed by atoms with van der Waals surface area (Å²) in [5.41, 5.74) is 1.40. The lowest BCUT2D eigenvalue weighted by Crippen LogP contribution is -2.04. The minimum absolute atomic E-state index is 0.418. The maximum absolute atomic E-state index is 5.27. The highest BCUT2D eigenvalue weighted by atomic mass is 16.3. The Bertz CT molecular complexity index is 257. The van der Waals surface area contributed by atoms with Gasteiger partial charge in [0.1, 0.15) is 6.26 Å². The summed E-state index contributed by atoms with van der Waals surface area (Å²) in [6, 6.07) is 0. The summed E-state index contributed by atoms with van der Waals surface area (Å²) in [5.74, 6) is 0.877. The zero-order valence-electron chi connectivity index (χ0n) is 9.05. The third kappa shape index (κ3) is 4.11. The number of aryl methyl sites for hydroxylation is 2. The molecule has 2 heteroatoms. The number of nitrogens with zero attached hydrogens (tertiary/aromatic N) is 1. The standard InChI is InChI=1S/C11H19NO/c1-9-8-13-10(12-9)6-5-7-11(2,3)4/h8H,5-7H2,1-4H3. The molecule has 1 heterocycles. The van der Waals surface area contributed by atoms with E-state index in [-0.39, 0.29) is 0 Å². The van der Waals surface area contributed by atoms with Crippen molar-refractivity contribution in [3.63, 3.8) is 0 Å². The van der Waals surface area contributed by atoms with E-state index in [1.54, 1.807) is 6.26 Å². The summed E-state index contributed by atoms with van der Waals surface area (Å²) in [6.07, 6.45) is 5.05. The molecule has 0 bridgehead atoms. The van der Waals surface area contributed by atoms with E-state index in [4.69, 9.17) is 4.42 Å². The molecule has 0 atom stereocenters. The molecule has 13 heavy (non-hydrogen) atoms. The van der Waals surface area contributed by atoms with Crippen molar-refractivity contribution in [2.75, 3.05) is 0 Å². The zero-order chi connectivity index (χ0) is 9.90. The fourth-order valence-corrected chi connectivity index (χ4v) is 1.29. The van der Waals surface area contributed by atoms with Gasteiger partial charge in [0.05, 0.1) is 5.69 Å². The first-order valence-electron chi connectivity index (χ1n) is 4.88. The van der Waals surface area contributed by atoms with E-state index in [1.807, 2.05) is 6.92 Å². The average molecular weight is 181 g/mol. The minimum atomic E-state index is 0.418. The van der Waals surface area contributed by atoms with Crippen LogP contribution in [0.1, 0.15) is 45.2 Å². The number of hydrogen-bond donors (Lipinski definition) is 0. The molecule has 1 aromatic heterocycles. The van der Waals surface area contributed by atoms with Gasteiger partial charge in [0.2, 0.25) is 0 Å². The van der Waals surface area contributed by atoms with Gasteiger partial charge in [-0.15, -0.1) is 0 Å². The molecule has 0 unspecified atom stereocenters. The van der Waals surface area contributed by atoms with Gasteiger partial charge in [-0.1, -0.05) is 20.8 Å². The predicted octanol–water partition coefficient (Wildman–Crippen LogP) is 3.35. The van der Waals surface area contributed by atoms with Crippen LogP contribution >= 0.6 is 0 Å².